The predicted octanol–water partition coefficient (Wildman–Crippen LogP) is 2.05. The maximum Gasteiger partial charge on any atom is 0.136 e. The molecule has 0 atom stereocenters. The SMILES string of the molecule is CC(=O)C1(Cc2nccs2)CC1. The quantitative estimate of drug-likeness (QED) is 0.714. The van der Waals surface area contributed by atoms with Gasteiger partial charge in [0.25, 0.3) is 0 Å². The smallest absolute Gasteiger partial charge is 0.136 e. The Kier molecular flexibility index (Phi) is 1.76. The van der Waals surface area contributed by atoms with Gasteiger partial charge in [-0.15, -0.1) is 11.3 Å². The molecule has 1 heterocycles. The second-order valence-electron chi connectivity index (χ2n) is 3.44. The third-order valence-corrected chi connectivity index (χ3v) is 3.35. The van der Waals surface area contributed by atoms with Crippen LogP contribution >= 0.6 is 11.3 Å². The summed E-state index contributed by atoms with van der Waals surface area (Å²) in [6.07, 6.45) is 4.78. The molecule has 64 valence electrons. The summed E-state index contributed by atoms with van der Waals surface area (Å²) in [4.78, 5) is 15.4. The van der Waals surface area contributed by atoms with Crippen LogP contribution in [0.2, 0.25) is 0 Å². The molecule has 1 aromatic heterocycles. The summed E-state index contributed by atoms with van der Waals surface area (Å²) in [5.74, 6) is 0.331. The van der Waals surface area contributed by atoms with E-state index >= 15 is 0 Å². The van der Waals surface area contributed by atoms with Crippen LogP contribution in [0, 0.1) is 5.41 Å². The first kappa shape index (κ1) is 7.92. The lowest BCUT2D eigenvalue weighted by Gasteiger charge is -2.07. The minimum Gasteiger partial charge on any atom is -0.299 e. The van der Waals surface area contributed by atoms with Crippen LogP contribution in [0.1, 0.15) is 24.8 Å². The van der Waals surface area contributed by atoms with Crippen LogP contribution in [0.5, 0.6) is 0 Å². The maximum atomic E-state index is 11.2. The van der Waals surface area contributed by atoms with E-state index in [-0.39, 0.29) is 5.41 Å². The van der Waals surface area contributed by atoms with E-state index in [0.717, 1.165) is 24.3 Å². The number of carbonyl (C=O) groups is 1. The summed E-state index contributed by atoms with van der Waals surface area (Å²) >= 11 is 1.64. The van der Waals surface area contributed by atoms with E-state index in [1.165, 1.54) is 0 Å². The van der Waals surface area contributed by atoms with E-state index < -0.39 is 0 Å². The Labute approximate surface area is 75.6 Å². The van der Waals surface area contributed by atoms with E-state index in [1.807, 2.05) is 5.38 Å². The number of rotatable bonds is 3. The van der Waals surface area contributed by atoms with Crippen molar-refractivity contribution in [3.05, 3.63) is 16.6 Å². The fourth-order valence-electron chi connectivity index (χ4n) is 1.43. The summed E-state index contributed by atoms with van der Waals surface area (Å²) in [5, 5.41) is 3.06. The summed E-state index contributed by atoms with van der Waals surface area (Å²) < 4.78 is 0. The van der Waals surface area contributed by atoms with Crippen molar-refractivity contribution >= 4 is 17.1 Å². The van der Waals surface area contributed by atoms with Crippen LogP contribution in [0.3, 0.4) is 0 Å². The molecule has 0 unspecified atom stereocenters. The van der Waals surface area contributed by atoms with Crippen molar-refractivity contribution in [2.75, 3.05) is 0 Å². The molecule has 2 nitrogen and oxygen atoms in total. The van der Waals surface area contributed by atoms with Gasteiger partial charge in [-0.25, -0.2) is 4.98 Å². The van der Waals surface area contributed by atoms with Crippen LogP contribution in [0.4, 0.5) is 0 Å². The predicted molar refractivity (Wildman–Crippen MR) is 48.2 cm³/mol. The average Bonchev–Trinajstić information content (AvgIpc) is 2.60. The van der Waals surface area contributed by atoms with Gasteiger partial charge in [0.1, 0.15) is 5.78 Å². The number of hydrogen-bond donors (Lipinski definition) is 0. The Balaban J connectivity index is 2.09. The molecule has 1 saturated carbocycles. The highest BCUT2D eigenvalue weighted by atomic mass is 32.1. The van der Waals surface area contributed by atoms with Crippen LogP contribution in [0.25, 0.3) is 0 Å². The molecule has 0 aliphatic heterocycles. The zero-order chi connectivity index (χ0) is 8.60. The fourth-order valence-corrected chi connectivity index (χ4v) is 2.19. The zero-order valence-electron chi connectivity index (χ0n) is 7.04. The Bertz CT molecular complexity index is 287. The lowest BCUT2D eigenvalue weighted by atomic mass is 9.98. The molecule has 0 amide bonds. The first-order valence-electron chi connectivity index (χ1n) is 4.12. The number of hydrogen-bond acceptors (Lipinski definition) is 3. The number of aromatic nitrogens is 1. The molecule has 1 aromatic rings. The molecule has 0 radical (unpaired) electrons. The molecule has 2 rings (SSSR count). The topological polar surface area (TPSA) is 30.0 Å². The molecule has 0 spiro atoms. The number of carbonyl (C=O) groups excluding carboxylic acids is 1. The highest BCUT2D eigenvalue weighted by molar-refractivity contribution is 7.09. The first-order chi connectivity index (χ1) is 5.73. The van der Waals surface area contributed by atoms with Gasteiger partial charge >= 0.3 is 0 Å². The Hall–Kier alpha value is -0.700. The Morgan fingerprint density at radius 1 is 1.75 bits per heavy atom. The van der Waals surface area contributed by atoms with Gasteiger partial charge in [-0.3, -0.25) is 4.79 Å². The van der Waals surface area contributed by atoms with Gasteiger partial charge < -0.3 is 0 Å². The van der Waals surface area contributed by atoms with Gasteiger partial charge in [-0.2, -0.15) is 0 Å². The molecule has 0 bridgehead atoms. The van der Waals surface area contributed by atoms with Gasteiger partial charge in [0.05, 0.1) is 5.01 Å². The molecule has 1 fully saturated rings. The van der Waals surface area contributed by atoms with E-state index in [2.05, 4.69) is 4.98 Å². The van der Waals surface area contributed by atoms with Crippen LogP contribution in [-0.4, -0.2) is 10.8 Å². The molecule has 12 heavy (non-hydrogen) atoms. The van der Waals surface area contributed by atoms with Crippen LogP contribution < -0.4 is 0 Å². The number of ketones is 1. The molecule has 0 saturated heterocycles. The van der Waals surface area contributed by atoms with E-state index in [1.54, 1.807) is 24.5 Å². The van der Waals surface area contributed by atoms with Crippen molar-refractivity contribution in [1.29, 1.82) is 0 Å². The molecule has 0 aromatic carbocycles. The highest BCUT2D eigenvalue weighted by Gasteiger charge is 2.47. The fraction of sp³-hybridized carbons (Fsp3) is 0.556. The van der Waals surface area contributed by atoms with E-state index in [4.69, 9.17) is 0 Å². The Morgan fingerprint density at radius 2 is 2.50 bits per heavy atom. The second kappa shape index (κ2) is 2.66. The normalized spacial score (nSPS) is 19.1. The molecule has 1 aliphatic carbocycles. The number of Topliss-reactive ketones (excluding diaryl/α,β-unsaturated/α-hetero) is 1. The highest BCUT2D eigenvalue weighted by Crippen LogP contribution is 2.49. The van der Waals surface area contributed by atoms with Crippen molar-refractivity contribution in [1.82, 2.24) is 4.98 Å². The molecule has 0 N–H and O–H groups in total. The Morgan fingerprint density at radius 3 is 2.92 bits per heavy atom. The third-order valence-electron chi connectivity index (χ3n) is 2.57. The molecule has 1 aliphatic rings. The monoisotopic (exact) mass is 181 g/mol. The number of nitrogens with zero attached hydrogens (tertiary/aromatic N) is 1. The van der Waals surface area contributed by atoms with Gasteiger partial charge in [0, 0.05) is 23.4 Å². The minimum atomic E-state index is -0.0160. The van der Waals surface area contributed by atoms with E-state index in [9.17, 15) is 4.79 Å². The van der Waals surface area contributed by atoms with Crippen LogP contribution in [-0.2, 0) is 11.2 Å². The third kappa shape index (κ3) is 1.29. The van der Waals surface area contributed by atoms with Crippen molar-refractivity contribution in [2.24, 2.45) is 5.41 Å². The summed E-state index contributed by atoms with van der Waals surface area (Å²) in [6, 6.07) is 0. The molecular weight excluding hydrogens is 170 g/mol. The van der Waals surface area contributed by atoms with E-state index in [0.29, 0.717) is 5.78 Å². The summed E-state index contributed by atoms with van der Waals surface area (Å²) in [7, 11) is 0. The lowest BCUT2D eigenvalue weighted by molar-refractivity contribution is -0.121. The van der Waals surface area contributed by atoms with Crippen LogP contribution in [0.15, 0.2) is 11.6 Å². The van der Waals surface area contributed by atoms with Gasteiger partial charge in [-0.05, 0) is 19.8 Å². The van der Waals surface area contributed by atoms with Gasteiger partial charge in [0.15, 0.2) is 0 Å². The standard InChI is InChI=1S/C9H11NOS/c1-7(11)9(2-3-9)6-8-10-4-5-12-8/h4-5H,2-3,6H2,1H3. The van der Waals surface area contributed by atoms with Crippen molar-refractivity contribution in [3.8, 4) is 0 Å². The van der Waals surface area contributed by atoms with Crippen molar-refractivity contribution < 1.29 is 4.79 Å². The van der Waals surface area contributed by atoms with Crippen molar-refractivity contribution in [3.63, 3.8) is 0 Å². The second-order valence-corrected chi connectivity index (χ2v) is 4.42. The molecule has 3 heteroatoms. The minimum absolute atomic E-state index is 0.0160. The van der Waals surface area contributed by atoms with Crippen molar-refractivity contribution in [2.45, 2.75) is 26.2 Å². The number of thiazole rings is 1. The van der Waals surface area contributed by atoms with Gasteiger partial charge in [-0.1, -0.05) is 0 Å². The maximum absolute atomic E-state index is 11.2. The summed E-state index contributed by atoms with van der Waals surface area (Å²) in [5.41, 5.74) is -0.0160. The molecular formula is C9H11NOS. The first-order valence-corrected chi connectivity index (χ1v) is 5.00. The zero-order valence-corrected chi connectivity index (χ0v) is 7.86. The van der Waals surface area contributed by atoms with Gasteiger partial charge in [0.2, 0.25) is 0 Å². The average molecular weight is 181 g/mol. The lowest BCUT2D eigenvalue weighted by Crippen LogP contribution is -2.14. The largest absolute Gasteiger partial charge is 0.299 e. The summed E-state index contributed by atoms with van der Waals surface area (Å²) in [6.45, 7) is 1.70.